The summed E-state index contributed by atoms with van der Waals surface area (Å²) in [6, 6.07) is 0.743. The third kappa shape index (κ3) is 3.81. The van der Waals surface area contributed by atoms with Gasteiger partial charge < -0.3 is 10.0 Å². The van der Waals surface area contributed by atoms with Gasteiger partial charge in [0, 0.05) is 12.6 Å². The second-order valence-corrected chi connectivity index (χ2v) is 4.13. The highest BCUT2D eigenvalue weighted by Gasteiger charge is 2.22. The lowest BCUT2D eigenvalue weighted by atomic mass is 10.1. The Balaban J connectivity index is 2.17. The molecular formula is C12H23NO. The van der Waals surface area contributed by atoms with Crippen molar-refractivity contribution in [3.05, 3.63) is 12.7 Å². The van der Waals surface area contributed by atoms with E-state index in [4.69, 9.17) is 5.11 Å². The molecule has 0 amide bonds. The average Bonchev–Trinajstić information content (AvgIpc) is 2.63. The molecule has 0 aromatic rings. The van der Waals surface area contributed by atoms with E-state index in [0.717, 1.165) is 18.9 Å². The molecule has 2 nitrogen and oxygen atoms in total. The van der Waals surface area contributed by atoms with E-state index in [0.29, 0.717) is 6.61 Å². The number of nitrogens with zero attached hydrogens (tertiary/aromatic N) is 1. The number of unbranched alkanes of at least 4 members (excludes halogenated alkanes) is 1. The van der Waals surface area contributed by atoms with Crippen LogP contribution in [-0.4, -0.2) is 35.7 Å². The minimum atomic E-state index is 0.344. The second-order valence-electron chi connectivity index (χ2n) is 4.13. The Morgan fingerprint density at radius 2 is 2.29 bits per heavy atom. The first kappa shape index (κ1) is 11.7. The molecule has 0 aromatic carbocycles. The Labute approximate surface area is 87.6 Å². The highest BCUT2D eigenvalue weighted by atomic mass is 16.2. The van der Waals surface area contributed by atoms with E-state index in [-0.39, 0.29) is 0 Å². The third-order valence-corrected chi connectivity index (χ3v) is 3.05. The van der Waals surface area contributed by atoms with E-state index >= 15 is 0 Å². The standard InChI is InChI=1S/C12H23NO/c1-2-3-4-9-13-10-5-7-12(13)8-6-11-14/h2,12,14H,1,3-11H2. The van der Waals surface area contributed by atoms with E-state index < -0.39 is 0 Å². The molecule has 1 fully saturated rings. The Morgan fingerprint density at radius 3 is 3.00 bits per heavy atom. The molecular weight excluding hydrogens is 174 g/mol. The zero-order valence-electron chi connectivity index (χ0n) is 9.12. The fraction of sp³-hybridized carbons (Fsp3) is 0.833. The van der Waals surface area contributed by atoms with Gasteiger partial charge in [0.1, 0.15) is 0 Å². The number of likely N-dealkylation sites (tertiary alicyclic amines) is 1. The second kappa shape index (κ2) is 7.02. The minimum Gasteiger partial charge on any atom is -0.396 e. The number of hydrogen-bond donors (Lipinski definition) is 1. The summed E-state index contributed by atoms with van der Waals surface area (Å²) in [5, 5.41) is 8.80. The van der Waals surface area contributed by atoms with Crippen LogP contribution in [0.2, 0.25) is 0 Å². The molecule has 1 N–H and O–H groups in total. The van der Waals surface area contributed by atoms with Crippen LogP contribution < -0.4 is 0 Å². The van der Waals surface area contributed by atoms with Crippen LogP contribution in [0.4, 0.5) is 0 Å². The summed E-state index contributed by atoms with van der Waals surface area (Å²) in [4.78, 5) is 2.58. The lowest BCUT2D eigenvalue weighted by Crippen LogP contribution is -2.30. The summed E-state index contributed by atoms with van der Waals surface area (Å²) in [5.74, 6) is 0. The molecule has 0 aromatic heterocycles. The Morgan fingerprint density at radius 1 is 1.43 bits per heavy atom. The van der Waals surface area contributed by atoms with Crippen molar-refractivity contribution in [3.8, 4) is 0 Å². The molecule has 0 saturated carbocycles. The highest BCUT2D eigenvalue weighted by Crippen LogP contribution is 2.21. The maximum Gasteiger partial charge on any atom is 0.0431 e. The van der Waals surface area contributed by atoms with Gasteiger partial charge in [0.2, 0.25) is 0 Å². The minimum absolute atomic E-state index is 0.344. The Hall–Kier alpha value is -0.340. The molecule has 82 valence electrons. The molecule has 2 heteroatoms. The molecule has 1 atom stereocenters. The van der Waals surface area contributed by atoms with Crippen LogP contribution >= 0.6 is 0 Å². The van der Waals surface area contributed by atoms with Crippen molar-refractivity contribution in [2.75, 3.05) is 19.7 Å². The molecule has 0 bridgehead atoms. The van der Waals surface area contributed by atoms with Gasteiger partial charge in [-0.15, -0.1) is 6.58 Å². The number of rotatable bonds is 7. The first-order chi connectivity index (χ1) is 6.88. The molecule has 1 heterocycles. The van der Waals surface area contributed by atoms with Gasteiger partial charge in [-0.05, 0) is 51.6 Å². The van der Waals surface area contributed by atoms with E-state index in [1.54, 1.807) is 0 Å². The molecule has 0 spiro atoms. The summed E-state index contributed by atoms with van der Waals surface area (Å²) in [6.45, 7) is 6.55. The fourth-order valence-electron chi connectivity index (χ4n) is 2.28. The van der Waals surface area contributed by atoms with Gasteiger partial charge in [-0.2, -0.15) is 0 Å². The van der Waals surface area contributed by atoms with Crippen molar-refractivity contribution in [2.45, 2.75) is 44.6 Å². The van der Waals surface area contributed by atoms with Gasteiger partial charge in [0.05, 0.1) is 0 Å². The molecule has 0 aliphatic carbocycles. The molecule has 14 heavy (non-hydrogen) atoms. The van der Waals surface area contributed by atoms with Crippen LogP contribution in [0.25, 0.3) is 0 Å². The predicted molar refractivity (Wildman–Crippen MR) is 60.3 cm³/mol. The molecule has 1 rings (SSSR count). The van der Waals surface area contributed by atoms with Crippen LogP contribution in [0, 0.1) is 0 Å². The van der Waals surface area contributed by atoms with Crippen molar-refractivity contribution >= 4 is 0 Å². The van der Waals surface area contributed by atoms with Gasteiger partial charge in [-0.1, -0.05) is 6.08 Å². The maximum absolute atomic E-state index is 8.80. The quantitative estimate of drug-likeness (QED) is 0.499. The third-order valence-electron chi connectivity index (χ3n) is 3.05. The highest BCUT2D eigenvalue weighted by molar-refractivity contribution is 4.79. The van der Waals surface area contributed by atoms with Gasteiger partial charge in [-0.25, -0.2) is 0 Å². The SMILES string of the molecule is C=CCCCN1CCCC1CCCO. The lowest BCUT2D eigenvalue weighted by Gasteiger charge is -2.23. The van der Waals surface area contributed by atoms with Crippen molar-refractivity contribution in [1.29, 1.82) is 0 Å². The molecule has 0 radical (unpaired) electrons. The zero-order valence-corrected chi connectivity index (χ0v) is 9.12. The van der Waals surface area contributed by atoms with E-state index in [9.17, 15) is 0 Å². The number of hydrogen-bond acceptors (Lipinski definition) is 2. The smallest absolute Gasteiger partial charge is 0.0431 e. The van der Waals surface area contributed by atoms with Crippen LogP contribution in [0.3, 0.4) is 0 Å². The van der Waals surface area contributed by atoms with Gasteiger partial charge in [0.15, 0.2) is 0 Å². The fourth-order valence-corrected chi connectivity index (χ4v) is 2.28. The average molecular weight is 197 g/mol. The van der Waals surface area contributed by atoms with Gasteiger partial charge in [-0.3, -0.25) is 0 Å². The van der Waals surface area contributed by atoms with Crippen molar-refractivity contribution in [1.82, 2.24) is 4.90 Å². The van der Waals surface area contributed by atoms with E-state index in [2.05, 4.69) is 11.5 Å². The number of aliphatic hydroxyl groups excluding tert-OH is 1. The van der Waals surface area contributed by atoms with Crippen LogP contribution in [0.5, 0.6) is 0 Å². The van der Waals surface area contributed by atoms with E-state index in [1.807, 2.05) is 6.08 Å². The largest absolute Gasteiger partial charge is 0.396 e. The maximum atomic E-state index is 8.80. The lowest BCUT2D eigenvalue weighted by molar-refractivity contribution is 0.215. The van der Waals surface area contributed by atoms with E-state index in [1.165, 1.54) is 38.8 Å². The zero-order chi connectivity index (χ0) is 10.2. The summed E-state index contributed by atoms with van der Waals surface area (Å²) in [6.07, 6.45) is 9.16. The summed E-state index contributed by atoms with van der Waals surface area (Å²) < 4.78 is 0. The molecule has 1 unspecified atom stereocenters. The number of aliphatic hydroxyl groups is 1. The molecule has 1 saturated heterocycles. The first-order valence-electron chi connectivity index (χ1n) is 5.84. The summed E-state index contributed by atoms with van der Waals surface area (Å²) in [5.41, 5.74) is 0. The topological polar surface area (TPSA) is 23.5 Å². The van der Waals surface area contributed by atoms with Crippen LogP contribution in [0.15, 0.2) is 12.7 Å². The van der Waals surface area contributed by atoms with Crippen molar-refractivity contribution < 1.29 is 5.11 Å². The van der Waals surface area contributed by atoms with Crippen molar-refractivity contribution in [3.63, 3.8) is 0 Å². The summed E-state index contributed by atoms with van der Waals surface area (Å²) in [7, 11) is 0. The van der Waals surface area contributed by atoms with Crippen LogP contribution in [0.1, 0.15) is 38.5 Å². The monoisotopic (exact) mass is 197 g/mol. The predicted octanol–water partition coefficient (Wildman–Crippen LogP) is 2.19. The van der Waals surface area contributed by atoms with Gasteiger partial charge in [0.25, 0.3) is 0 Å². The first-order valence-corrected chi connectivity index (χ1v) is 5.84. The van der Waals surface area contributed by atoms with Crippen molar-refractivity contribution in [2.24, 2.45) is 0 Å². The van der Waals surface area contributed by atoms with Crippen LogP contribution in [-0.2, 0) is 0 Å². The Bertz CT molecular complexity index is 158. The molecule has 1 aliphatic heterocycles. The Kier molecular flexibility index (Phi) is 5.88. The summed E-state index contributed by atoms with van der Waals surface area (Å²) >= 11 is 0. The van der Waals surface area contributed by atoms with Gasteiger partial charge >= 0.3 is 0 Å². The number of allylic oxidation sites excluding steroid dienone is 1. The normalized spacial score (nSPS) is 22.8. The molecule has 1 aliphatic rings.